The van der Waals surface area contributed by atoms with E-state index in [4.69, 9.17) is 9.72 Å². The molecule has 1 aliphatic rings. The first-order valence-electron chi connectivity index (χ1n) is 7.55. The molecule has 21 heavy (non-hydrogen) atoms. The summed E-state index contributed by atoms with van der Waals surface area (Å²) in [7, 11) is 0. The first-order chi connectivity index (χ1) is 10.1. The van der Waals surface area contributed by atoms with E-state index >= 15 is 0 Å². The van der Waals surface area contributed by atoms with Crippen molar-refractivity contribution in [1.82, 2.24) is 14.4 Å². The smallest absolute Gasteiger partial charge is 0.180 e. The fraction of sp³-hybridized carbons (Fsp3) is 0.600. The number of ether oxygens (including phenoxy) is 1. The van der Waals surface area contributed by atoms with Crippen molar-refractivity contribution in [2.45, 2.75) is 32.7 Å². The second kappa shape index (κ2) is 5.52. The minimum Gasteiger partial charge on any atom is -0.377 e. The standard InChI is InChI=1S/C15H23N5O/c1-4-5-16-12-10-19-7-6-17-13(19)14(18-12)20-8-9-21-11-15(20,2)3/h6-7,10,16H,4-5,8-9,11H2,1-3H3. The number of nitrogens with one attached hydrogen (secondary N) is 1. The monoisotopic (exact) mass is 289 g/mol. The average molecular weight is 289 g/mol. The molecule has 1 N–H and O–H groups in total. The largest absolute Gasteiger partial charge is 0.377 e. The Morgan fingerprint density at radius 2 is 2.29 bits per heavy atom. The van der Waals surface area contributed by atoms with Gasteiger partial charge in [-0.2, -0.15) is 0 Å². The molecule has 6 heteroatoms. The van der Waals surface area contributed by atoms with Crippen molar-refractivity contribution in [2.24, 2.45) is 0 Å². The van der Waals surface area contributed by atoms with Gasteiger partial charge < -0.3 is 19.4 Å². The van der Waals surface area contributed by atoms with Crippen molar-refractivity contribution in [3.05, 3.63) is 18.6 Å². The van der Waals surface area contributed by atoms with Gasteiger partial charge in [-0.25, -0.2) is 9.97 Å². The van der Waals surface area contributed by atoms with Crippen LogP contribution >= 0.6 is 0 Å². The summed E-state index contributed by atoms with van der Waals surface area (Å²) in [4.78, 5) is 11.6. The zero-order valence-electron chi connectivity index (χ0n) is 13.0. The van der Waals surface area contributed by atoms with Gasteiger partial charge in [-0.15, -0.1) is 0 Å². The Bertz CT molecular complexity index is 622. The molecular weight excluding hydrogens is 266 g/mol. The molecule has 0 amide bonds. The SMILES string of the molecule is CCCNc1cn2ccnc2c(N2CCOCC2(C)C)n1. The Kier molecular flexibility index (Phi) is 3.71. The zero-order chi connectivity index (χ0) is 14.9. The molecule has 0 bridgehead atoms. The van der Waals surface area contributed by atoms with Gasteiger partial charge >= 0.3 is 0 Å². The summed E-state index contributed by atoms with van der Waals surface area (Å²) >= 11 is 0. The third kappa shape index (κ3) is 2.68. The first-order valence-corrected chi connectivity index (χ1v) is 7.55. The second-order valence-electron chi connectivity index (χ2n) is 6.05. The van der Waals surface area contributed by atoms with Gasteiger partial charge in [-0.1, -0.05) is 6.92 Å². The summed E-state index contributed by atoms with van der Waals surface area (Å²) in [5, 5.41) is 3.37. The van der Waals surface area contributed by atoms with Crippen LogP contribution in [0.2, 0.25) is 0 Å². The molecule has 6 nitrogen and oxygen atoms in total. The van der Waals surface area contributed by atoms with Gasteiger partial charge in [0.15, 0.2) is 11.5 Å². The Labute approximate surface area is 125 Å². The molecule has 1 fully saturated rings. The lowest BCUT2D eigenvalue weighted by Gasteiger charge is -2.42. The molecule has 0 radical (unpaired) electrons. The molecule has 1 aliphatic heterocycles. The van der Waals surface area contributed by atoms with Gasteiger partial charge in [-0.3, -0.25) is 0 Å². The maximum atomic E-state index is 5.61. The Morgan fingerprint density at radius 3 is 3.05 bits per heavy atom. The van der Waals surface area contributed by atoms with Crippen molar-refractivity contribution in [3.8, 4) is 0 Å². The maximum absolute atomic E-state index is 5.61. The van der Waals surface area contributed by atoms with Crippen LogP contribution in [0.1, 0.15) is 27.2 Å². The van der Waals surface area contributed by atoms with Crippen LogP contribution in [-0.2, 0) is 4.74 Å². The van der Waals surface area contributed by atoms with Gasteiger partial charge in [0, 0.05) is 25.5 Å². The molecule has 3 rings (SSSR count). The highest BCUT2D eigenvalue weighted by Gasteiger charge is 2.33. The predicted octanol–water partition coefficient (Wildman–Crippen LogP) is 2.17. The van der Waals surface area contributed by atoms with Crippen LogP contribution in [0.5, 0.6) is 0 Å². The zero-order valence-corrected chi connectivity index (χ0v) is 13.0. The van der Waals surface area contributed by atoms with Gasteiger partial charge in [0.25, 0.3) is 0 Å². The van der Waals surface area contributed by atoms with Gasteiger partial charge in [-0.05, 0) is 20.3 Å². The number of fused-ring (bicyclic) bond motifs is 1. The van der Waals surface area contributed by atoms with E-state index < -0.39 is 0 Å². The minimum atomic E-state index is -0.0823. The highest BCUT2D eigenvalue weighted by molar-refractivity contribution is 5.68. The highest BCUT2D eigenvalue weighted by atomic mass is 16.5. The van der Waals surface area contributed by atoms with Gasteiger partial charge in [0.2, 0.25) is 0 Å². The number of rotatable bonds is 4. The first kappa shape index (κ1) is 14.1. The van der Waals surface area contributed by atoms with Crippen molar-refractivity contribution >= 4 is 17.3 Å². The van der Waals surface area contributed by atoms with Crippen LogP contribution in [0.3, 0.4) is 0 Å². The second-order valence-corrected chi connectivity index (χ2v) is 6.05. The van der Waals surface area contributed by atoms with E-state index in [9.17, 15) is 0 Å². The van der Waals surface area contributed by atoms with E-state index in [0.717, 1.165) is 43.4 Å². The molecule has 2 aromatic heterocycles. The van der Waals surface area contributed by atoms with Crippen LogP contribution in [0.4, 0.5) is 11.6 Å². The summed E-state index contributed by atoms with van der Waals surface area (Å²) < 4.78 is 7.65. The summed E-state index contributed by atoms with van der Waals surface area (Å²) in [5.74, 6) is 1.81. The molecule has 0 saturated carbocycles. The lowest BCUT2D eigenvalue weighted by Crippen LogP contribution is -2.53. The third-order valence-electron chi connectivity index (χ3n) is 3.81. The van der Waals surface area contributed by atoms with Crippen LogP contribution in [0, 0.1) is 0 Å². The Hall–Kier alpha value is -1.82. The van der Waals surface area contributed by atoms with Crippen LogP contribution in [0.25, 0.3) is 5.65 Å². The van der Waals surface area contributed by atoms with E-state index in [1.807, 2.05) is 23.0 Å². The molecule has 0 atom stereocenters. The average Bonchev–Trinajstić information content (AvgIpc) is 2.92. The van der Waals surface area contributed by atoms with Crippen molar-refractivity contribution in [2.75, 3.05) is 36.5 Å². The van der Waals surface area contributed by atoms with Crippen LogP contribution in [0.15, 0.2) is 18.6 Å². The minimum absolute atomic E-state index is 0.0823. The maximum Gasteiger partial charge on any atom is 0.180 e. The molecule has 2 aromatic rings. The normalized spacial score (nSPS) is 18.1. The van der Waals surface area contributed by atoms with Crippen LogP contribution in [-0.4, -0.2) is 46.2 Å². The molecule has 114 valence electrons. The number of hydrogen-bond donors (Lipinski definition) is 1. The van der Waals surface area contributed by atoms with E-state index in [0.29, 0.717) is 6.61 Å². The van der Waals surface area contributed by atoms with Crippen molar-refractivity contribution in [3.63, 3.8) is 0 Å². The van der Waals surface area contributed by atoms with Gasteiger partial charge in [0.1, 0.15) is 5.82 Å². The topological polar surface area (TPSA) is 54.7 Å². The lowest BCUT2D eigenvalue weighted by atomic mass is 10.0. The predicted molar refractivity (Wildman–Crippen MR) is 84.0 cm³/mol. The molecule has 1 saturated heterocycles. The number of anilines is 2. The molecule has 0 spiro atoms. The molecule has 0 aromatic carbocycles. The summed E-state index contributed by atoms with van der Waals surface area (Å²) in [6.07, 6.45) is 6.85. The molecular formula is C15H23N5O. The van der Waals surface area contributed by atoms with E-state index in [2.05, 4.69) is 36.0 Å². The van der Waals surface area contributed by atoms with Crippen LogP contribution < -0.4 is 10.2 Å². The fourth-order valence-electron chi connectivity index (χ4n) is 2.69. The molecule has 3 heterocycles. The number of imidazole rings is 1. The van der Waals surface area contributed by atoms with Crippen molar-refractivity contribution in [1.29, 1.82) is 0 Å². The highest BCUT2D eigenvalue weighted by Crippen LogP contribution is 2.29. The van der Waals surface area contributed by atoms with Crippen molar-refractivity contribution < 1.29 is 4.74 Å². The molecule has 0 aliphatic carbocycles. The van der Waals surface area contributed by atoms with Gasteiger partial charge in [0.05, 0.1) is 24.9 Å². The van der Waals surface area contributed by atoms with E-state index in [-0.39, 0.29) is 5.54 Å². The Balaban J connectivity index is 2.04. The summed E-state index contributed by atoms with van der Waals surface area (Å²) in [6.45, 7) is 9.69. The fourth-order valence-corrected chi connectivity index (χ4v) is 2.69. The number of morpholine rings is 1. The third-order valence-corrected chi connectivity index (χ3v) is 3.81. The molecule has 0 unspecified atom stereocenters. The Morgan fingerprint density at radius 1 is 1.43 bits per heavy atom. The number of nitrogens with zero attached hydrogens (tertiary/aromatic N) is 4. The van der Waals surface area contributed by atoms with E-state index in [1.165, 1.54) is 0 Å². The quantitative estimate of drug-likeness (QED) is 0.935. The number of hydrogen-bond acceptors (Lipinski definition) is 5. The lowest BCUT2D eigenvalue weighted by molar-refractivity contribution is 0.0640. The summed E-state index contributed by atoms with van der Waals surface area (Å²) in [6, 6.07) is 0. The number of aromatic nitrogens is 3. The van der Waals surface area contributed by atoms with E-state index in [1.54, 1.807) is 0 Å². The summed E-state index contributed by atoms with van der Waals surface area (Å²) in [5.41, 5.74) is 0.813.